The number of benzene rings is 2. The molecule has 0 bridgehead atoms. The number of hydrogen-bond donors (Lipinski definition) is 2. The molecule has 0 unspecified atom stereocenters. The molecule has 1 aromatic heterocycles. The number of amides is 2. The van der Waals surface area contributed by atoms with Gasteiger partial charge in [-0.05, 0) is 54.9 Å². The first-order chi connectivity index (χ1) is 20.1. The van der Waals surface area contributed by atoms with E-state index in [1.54, 1.807) is 11.8 Å². The molecule has 8 nitrogen and oxygen atoms in total. The van der Waals surface area contributed by atoms with Crippen LogP contribution in [0.15, 0.2) is 66.0 Å². The molecule has 1 heterocycles. The van der Waals surface area contributed by atoms with Gasteiger partial charge < -0.3 is 15.0 Å². The minimum absolute atomic E-state index is 0.200. The van der Waals surface area contributed by atoms with Crippen LogP contribution >= 0.6 is 23.4 Å². The third-order valence-corrected chi connectivity index (χ3v) is 9.79. The number of thioether (sulfide) groups is 1. The van der Waals surface area contributed by atoms with Gasteiger partial charge in [-0.3, -0.25) is 14.5 Å². The molecule has 1 saturated carbocycles. The summed E-state index contributed by atoms with van der Waals surface area (Å²) in [5.41, 5.74) is 2.55. The Balaban J connectivity index is 1.48. The monoisotopic (exact) mass is 610 g/mol. The van der Waals surface area contributed by atoms with Crippen LogP contribution in [0.5, 0.6) is 0 Å². The number of imidazole rings is 1. The van der Waals surface area contributed by atoms with E-state index in [1.807, 2.05) is 86.3 Å². The van der Waals surface area contributed by atoms with E-state index in [0.29, 0.717) is 23.6 Å². The molecular weight excluding hydrogens is 572 g/mol. The Morgan fingerprint density at radius 3 is 2.43 bits per heavy atom. The number of hydrogen-bond acceptors (Lipinski definition) is 5. The molecule has 2 N–H and O–H groups in total. The SMILES string of the molecule is CCCC[C@@H](C(=O)C(=O)N[C@H](C)c1ccccc1)N(CC1(CSc2ncc(-c3ccc(Cl)cc3)n2C)CCC1)C(=O)O. The molecular formula is C32H39ClN4O4S. The standard InChI is InChI=1S/C32H39ClN4O4S/c1-4-5-12-26(28(38)29(39)35-22(2)23-10-7-6-8-11-23)37(31(40)41)20-32(17-9-18-32)21-42-30-34-19-27(36(30)3)24-13-15-25(33)16-14-24/h6-8,10-11,13-16,19,22,26H,4-5,9,12,17-18,20-21H2,1-3H3,(H,35,39)(H,40,41)/t22-,26+/m1/s1. The van der Waals surface area contributed by atoms with Gasteiger partial charge in [-0.2, -0.15) is 0 Å². The minimum atomic E-state index is -1.17. The maximum absolute atomic E-state index is 13.5. The molecule has 2 aromatic carbocycles. The molecule has 10 heteroatoms. The van der Waals surface area contributed by atoms with Crippen molar-refractivity contribution >= 4 is 41.1 Å². The number of ketones is 1. The fourth-order valence-electron chi connectivity index (χ4n) is 5.40. The highest BCUT2D eigenvalue weighted by Gasteiger charge is 2.44. The van der Waals surface area contributed by atoms with Gasteiger partial charge in [-0.15, -0.1) is 0 Å². The number of carbonyl (C=O) groups is 3. The molecule has 2 atom stereocenters. The van der Waals surface area contributed by atoms with Crippen molar-refractivity contribution in [2.45, 2.75) is 69.6 Å². The first-order valence-electron chi connectivity index (χ1n) is 14.4. The van der Waals surface area contributed by atoms with Crippen LogP contribution in [0.25, 0.3) is 11.3 Å². The zero-order valence-electron chi connectivity index (χ0n) is 24.4. The van der Waals surface area contributed by atoms with Gasteiger partial charge in [-0.25, -0.2) is 9.78 Å². The summed E-state index contributed by atoms with van der Waals surface area (Å²) in [5, 5.41) is 14.6. The lowest BCUT2D eigenvalue weighted by atomic mass is 9.69. The molecule has 1 fully saturated rings. The van der Waals surface area contributed by atoms with E-state index in [0.717, 1.165) is 47.7 Å². The molecule has 1 aliphatic rings. The van der Waals surface area contributed by atoms with Crippen molar-refractivity contribution in [2.75, 3.05) is 12.3 Å². The normalized spacial score (nSPS) is 15.3. The third kappa shape index (κ3) is 7.55. The Labute approximate surface area is 256 Å². The molecule has 0 radical (unpaired) electrons. The number of carboxylic acid groups (broad SMARTS) is 1. The van der Waals surface area contributed by atoms with Crippen molar-refractivity contribution in [1.29, 1.82) is 0 Å². The van der Waals surface area contributed by atoms with Crippen molar-refractivity contribution in [1.82, 2.24) is 19.8 Å². The maximum atomic E-state index is 13.5. The van der Waals surface area contributed by atoms with Crippen LogP contribution in [0.3, 0.4) is 0 Å². The van der Waals surface area contributed by atoms with Crippen LogP contribution in [0.1, 0.15) is 64.0 Å². The van der Waals surface area contributed by atoms with E-state index in [2.05, 4.69) is 10.3 Å². The van der Waals surface area contributed by atoms with E-state index in [-0.39, 0.29) is 18.0 Å². The number of unbranched alkanes of at least 4 members (excludes halogenated alkanes) is 1. The molecule has 4 rings (SSSR count). The Morgan fingerprint density at radius 2 is 1.83 bits per heavy atom. The zero-order valence-corrected chi connectivity index (χ0v) is 26.0. The van der Waals surface area contributed by atoms with Crippen molar-refractivity contribution in [3.63, 3.8) is 0 Å². The van der Waals surface area contributed by atoms with E-state index in [1.165, 1.54) is 4.90 Å². The lowest BCUT2D eigenvalue weighted by Crippen LogP contribution is -2.55. The number of Topliss-reactive ketones (excluding diaryl/α,β-unsaturated/α-hetero) is 1. The molecule has 3 aromatic rings. The Hall–Kier alpha value is -3.30. The number of halogens is 1. The summed E-state index contributed by atoms with van der Waals surface area (Å²) in [5.74, 6) is -0.792. The number of nitrogens with one attached hydrogen (secondary N) is 1. The molecule has 2 amide bonds. The minimum Gasteiger partial charge on any atom is -0.465 e. The highest BCUT2D eigenvalue weighted by Crippen LogP contribution is 2.46. The first kappa shape index (κ1) is 31.6. The molecule has 1 aliphatic carbocycles. The summed E-state index contributed by atoms with van der Waals surface area (Å²) in [7, 11) is 1.96. The summed E-state index contributed by atoms with van der Waals surface area (Å²) in [6.07, 6.45) is 5.09. The van der Waals surface area contributed by atoms with Crippen LogP contribution in [-0.2, 0) is 16.6 Å². The molecule has 42 heavy (non-hydrogen) atoms. The smallest absolute Gasteiger partial charge is 0.407 e. The van der Waals surface area contributed by atoms with E-state index >= 15 is 0 Å². The van der Waals surface area contributed by atoms with Gasteiger partial charge in [0.05, 0.1) is 17.9 Å². The predicted molar refractivity (Wildman–Crippen MR) is 167 cm³/mol. The van der Waals surface area contributed by atoms with Crippen LogP contribution in [0.4, 0.5) is 4.79 Å². The molecule has 0 saturated heterocycles. The van der Waals surface area contributed by atoms with Gasteiger partial charge in [-0.1, -0.05) is 92.0 Å². The lowest BCUT2D eigenvalue weighted by Gasteiger charge is -2.45. The fraction of sp³-hybridized carbons (Fsp3) is 0.438. The van der Waals surface area contributed by atoms with Gasteiger partial charge in [0.15, 0.2) is 5.16 Å². The zero-order chi connectivity index (χ0) is 30.3. The average Bonchev–Trinajstić information content (AvgIpc) is 3.33. The van der Waals surface area contributed by atoms with Gasteiger partial charge >= 0.3 is 6.09 Å². The van der Waals surface area contributed by atoms with E-state index in [9.17, 15) is 19.5 Å². The van der Waals surface area contributed by atoms with E-state index in [4.69, 9.17) is 11.6 Å². The van der Waals surface area contributed by atoms with Crippen LogP contribution in [0, 0.1) is 5.41 Å². The highest BCUT2D eigenvalue weighted by molar-refractivity contribution is 7.99. The van der Waals surface area contributed by atoms with Crippen molar-refractivity contribution in [3.8, 4) is 11.3 Å². The highest BCUT2D eigenvalue weighted by atomic mass is 35.5. The summed E-state index contributed by atoms with van der Waals surface area (Å²) < 4.78 is 2.03. The van der Waals surface area contributed by atoms with Crippen molar-refractivity contribution < 1.29 is 19.5 Å². The molecule has 0 aliphatic heterocycles. The van der Waals surface area contributed by atoms with Crippen LogP contribution in [0.2, 0.25) is 5.02 Å². The Kier molecular flexibility index (Phi) is 10.7. The summed E-state index contributed by atoms with van der Waals surface area (Å²) in [6.45, 7) is 4.00. The Bertz CT molecular complexity index is 1370. The maximum Gasteiger partial charge on any atom is 0.407 e. The Morgan fingerprint density at radius 1 is 1.14 bits per heavy atom. The quantitative estimate of drug-likeness (QED) is 0.151. The molecule has 224 valence electrons. The van der Waals surface area contributed by atoms with E-state index < -0.39 is 23.8 Å². The van der Waals surface area contributed by atoms with Crippen molar-refractivity contribution in [3.05, 3.63) is 71.4 Å². The van der Waals surface area contributed by atoms with Crippen LogP contribution in [-0.4, -0.2) is 55.7 Å². The summed E-state index contributed by atoms with van der Waals surface area (Å²) in [6, 6.07) is 15.6. The van der Waals surface area contributed by atoms with Gasteiger partial charge in [0.1, 0.15) is 6.04 Å². The van der Waals surface area contributed by atoms with Crippen molar-refractivity contribution in [2.24, 2.45) is 12.5 Å². The van der Waals surface area contributed by atoms with Gasteiger partial charge in [0.2, 0.25) is 5.78 Å². The molecule has 0 spiro atoms. The lowest BCUT2D eigenvalue weighted by molar-refractivity contribution is -0.141. The topological polar surface area (TPSA) is 105 Å². The van der Waals surface area contributed by atoms with Crippen LogP contribution < -0.4 is 5.32 Å². The summed E-state index contributed by atoms with van der Waals surface area (Å²) >= 11 is 7.64. The second kappa shape index (κ2) is 14.2. The largest absolute Gasteiger partial charge is 0.465 e. The second-order valence-corrected chi connectivity index (χ2v) is 12.6. The number of aromatic nitrogens is 2. The van der Waals surface area contributed by atoms with Gasteiger partial charge in [0, 0.05) is 24.4 Å². The fourth-order valence-corrected chi connectivity index (χ4v) is 6.76. The number of carbonyl (C=O) groups excluding carboxylic acids is 2. The summed E-state index contributed by atoms with van der Waals surface area (Å²) in [4.78, 5) is 45.0. The van der Waals surface area contributed by atoms with Gasteiger partial charge in [0.25, 0.3) is 5.91 Å². The number of rotatable bonds is 14. The third-order valence-electron chi connectivity index (χ3n) is 8.14. The average molecular weight is 611 g/mol. The second-order valence-electron chi connectivity index (χ2n) is 11.2. The predicted octanol–water partition coefficient (Wildman–Crippen LogP) is 6.99. The first-order valence-corrected chi connectivity index (χ1v) is 15.8. The number of nitrogens with zero attached hydrogens (tertiary/aromatic N) is 3.